The minimum atomic E-state index is -0.400. The van der Waals surface area contributed by atoms with Gasteiger partial charge in [0, 0.05) is 19.3 Å². The van der Waals surface area contributed by atoms with E-state index in [-0.39, 0.29) is 24.6 Å². The molecule has 0 radical (unpaired) electrons. The van der Waals surface area contributed by atoms with E-state index in [9.17, 15) is 14.4 Å². The summed E-state index contributed by atoms with van der Waals surface area (Å²) < 4.78 is 10.7. The lowest BCUT2D eigenvalue weighted by atomic mass is 10.2. The summed E-state index contributed by atoms with van der Waals surface area (Å²) in [7, 11) is 1.56. The average Bonchev–Trinajstić information content (AvgIpc) is 2.86. The molecule has 2 fully saturated rings. The first-order valence-corrected chi connectivity index (χ1v) is 7.97. The molecule has 3 rings (SSSR count). The zero-order valence-electron chi connectivity index (χ0n) is 13.9. The normalized spacial score (nSPS) is 20.8. The summed E-state index contributed by atoms with van der Waals surface area (Å²) in [4.78, 5) is 38.4. The summed E-state index contributed by atoms with van der Waals surface area (Å²) in [5, 5.41) is 5.38. The van der Waals surface area contributed by atoms with Crippen molar-refractivity contribution < 1.29 is 23.9 Å². The number of hydrogen-bond acceptors (Lipinski definition) is 5. The molecule has 0 aliphatic carbocycles. The van der Waals surface area contributed by atoms with Gasteiger partial charge in [0.05, 0.1) is 31.6 Å². The zero-order valence-corrected chi connectivity index (χ0v) is 13.9. The molecule has 0 bridgehead atoms. The van der Waals surface area contributed by atoms with E-state index in [0.717, 1.165) is 4.90 Å². The van der Waals surface area contributed by atoms with Crippen LogP contribution in [0.4, 0.5) is 21.0 Å². The lowest BCUT2D eigenvalue weighted by Gasteiger charge is -2.23. The Morgan fingerprint density at radius 2 is 2.16 bits per heavy atom. The van der Waals surface area contributed by atoms with Crippen LogP contribution in [0.5, 0.6) is 0 Å². The third-order valence-corrected chi connectivity index (χ3v) is 3.88. The number of carbonyl (C=O) groups is 3. The first-order valence-electron chi connectivity index (χ1n) is 7.97. The van der Waals surface area contributed by atoms with Gasteiger partial charge in [-0.3, -0.25) is 4.79 Å². The number of rotatable bonds is 4. The molecular formula is C16H20N4O5. The Morgan fingerprint density at radius 1 is 1.32 bits per heavy atom. The summed E-state index contributed by atoms with van der Waals surface area (Å²) in [6.45, 7) is 1.91. The number of nitrogens with one attached hydrogen (secondary N) is 2. The van der Waals surface area contributed by atoms with Gasteiger partial charge in [-0.1, -0.05) is 6.07 Å². The van der Waals surface area contributed by atoms with E-state index in [0.29, 0.717) is 37.7 Å². The van der Waals surface area contributed by atoms with E-state index in [4.69, 9.17) is 9.47 Å². The van der Waals surface area contributed by atoms with Crippen LogP contribution in [0, 0.1) is 0 Å². The third kappa shape index (κ3) is 4.06. The molecule has 134 valence electrons. The lowest BCUT2D eigenvalue weighted by Crippen LogP contribution is -2.41. The van der Waals surface area contributed by atoms with Crippen LogP contribution in [-0.2, 0) is 14.3 Å². The van der Waals surface area contributed by atoms with Gasteiger partial charge in [-0.15, -0.1) is 0 Å². The van der Waals surface area contributed by atoms with Gasteiger partial charge in [0.25, 0.3) is 5.91 Å². The molecular weight excluding hydrogens is 328 g/mol. The highest BCUT2D eigenvalue weighted by Crippen LogP contribution is 2.23. The van der Waals surface area contributed by atoms with Crippen LogP contribution in [0.25, 0.3) is 0 Å². The second kappa shape index (κ2) is 7.49. The summed E-state index contributed by atoms with van der Waals surface area (Å²) in [6, 6.07) is 5.78. The maximum atomic E-state index is 12.0. The minimum absolute atomic E-state index is 0.0421. The van der Waals surface area contributed by atoms with Crippen LogP contribution < -0.4 is 15.5 Å². The molecule has 5 amide bonds. The maximum absolute atomic E-state index is 12.0. The van der Waals surface area contributed by atoms with Crippen molar-refractivity contribution in [2.75, 3.05) is 50.2 Å². The Morgan fingerprint density at radius 3 is 2.84 bits per heavy atom. The highest BCUT2D eigenvalue weighted by atomic mass is 16.6. The molecule has 25 heavy (non-hydrogen) atoms. The number of urea groups is 2. The van der Waals surface area contributed by atoms with Gasteiger partial charge >= 0.3 is 12.1 Å². The monoisotopic (exact) mass is 348 g/mol. The van der Waals surface area contributed by atoms with Crippen LogP contribution in [0.1, 0.15) is 0 Å². The second-order valence-corrected chi connectivity index (χ2v) is 5.82. The van der Waals surface area contributed by atoms with E-state index in [2.05, 4.69) is 10.6 Å². The topological polar surface area (TPSA) is 100 Å². The second-order valence-electron chi connectivity index (χ2n) is 5.82. The standard InChI is InChI=1S/C16H20N4O5/c1-19-9-14(21)20(16(19)23)12-4-2-3-11(7-12)18-15(22)17-8-13-10-24-5-6-25-13/h2-4,7,13H,5-6,8-10H2,1H3,(H2,17,18,22)/t13-/m0/s1. The maximum Gasteiger partial charge on any atom is 0.331 e. The summed E-state index contributed by atoms with van der Waals surface area (Å²) in [5.41, 5.74) is 0.895. The highest BCUT2D eigenvalue weighted by Gasteiger charge is 2.34. The van der Waals surface area contributed by atoms with E-state index in [1.54, 1.807) is 31.3 Å². The van der Waals surface area contributed by atoms with Crippen molar-refractivity contribution in [3.63, 3.8) is 0 Å². The molecule has 0 spiro atoms. The molecule has 2 heterocycles. The number of carbonyl (C=O) groups excluding carboxylic acids is 3. The van der Waals surface area contributed by atoms with E-state index >= 15 is 0 Å². The molecule has 0 saturated carbocycles. The van der Waals surface area contributed by atoms with E-state index in [1.807, 2.05) is 0 Å². The van der Waals surface area contributed by atoms with Crippen LogP contribution in [-0.4, -0.2) is 68.9 Å². The Labute approximate surface area is 144 Å². The van der Waals surface area contributed by atoms with Gasteiger partial charge < -0.3 is 25.0 Å². The van der Waals surface area contributed by atoms with E-state index in [1.165, 1.54) is 4.90 Å². The van der Waals surface area contributed by atoms with Crippen molar-refractivity contribution in [2.24, 2.45) is 0 Å². The largest absolute Gasteiger partial charge is 0.376 e. The van der Waals surface area contributed by atoms with Crippen LogP contribution in [0.3, 0.4) is 0 Å². The van der Waals surface area contributed by atoms with Gasteiger partial charge in [-0.25, -0.2) is 14.5 Å². The lowest BCUT2D eigenvalue weighted by molar-refractivity contribution is -0.116. The van der Waals surface area contributed by atoms with Crippen molar-refractivity contribution in [1.82, 2.24) is 10.2 Å². The number of benzene rings is 1. The number of anilines is 2. The number of hydrogen-bond donors (Lipinski definition) is 2. The highest BCUT2D eigenvalue weighted by molar-refractivity contribution is 6.19. The van der Waals surface area contributed by atoms with Gasteiger partial charge in [0.1, 0.15) is 6.54 Å². The molecule has 1 aromatic carbocycles. The molecule has 1 aromatic rings. The summed E-state index contributed by atoms with van der Waals surface area (Å²) in [6.07, 6.45) is -0.166. The molecule has 2 N–H and O–H groups in total. The average molecular weight is 348 g/mol. The Balaban J connectivity index is 1.59. The molecule has 1 atom stereocenters. The minimum Gasteiger partial charge on any atom is -0.376 e. The molecule has 9 heteroatoms. The molecule has 2 saturated heterocycles. The molecule has 2 aliphatic heterocycles. The van der Waals surface area contributed by atoms with Crippen LogP contribution in [0.2, 0.25) is 0 Å². The number of imide groups is 1. The number of likely N-dealkylation sites (N-methyl/N-ethyl adjacent to an activating group) is 1. The van der Waals surface area contributed by atoms with Gasteiger partial charge in [0.2, 0.25) is 0 Å². The predicted molar refractivity (Wildman–Crippen MR) is 89.5 cm³/mol. The fourth-order valence-electron chi connectivity index (χ4n) is 2.63. The molecule has 0 aromatic heterocycles. The van der Waals surface area contributed by atoms with Crippen molar-refractivity contribution in [3.05, 3.63) is 24.3 Å². The van der Waals surface area contributed by atoms with Crippen molar-refractivity contribution >= 4 is 29.3 Å². The van der Waals surface area contributed by atoms with E-state index < -0.39 is 6.03 Å². The first kappa shape index (κ1) is 17.2. The Bertz CT molecular complexity index is 674. The predicted octanol–water partition coefficient (Wildman–Crippen LogP) is 0.622. The SMILES string of the molecule is CN1CC(=O)N(c2cccc(NC(=O)NC[C@H]3COCCO3)c2)C1=O. The quantitative estimate of drug-likeness (QED) is 0.777. The van der Waals surface area contributed by atoms with Crippen LogP contribution >= 0.6 is 0 Å². The number of amides is 5. The summed E-state index contributed by atoms with van der Waals surface area (Å²) >= 11 is 0. The molecule has 2 aliphatic rings. The van der Waals surface area contributed by atoms with Crippen molar-refractivity contribution in [2.45, 2.75) is 6.10 Å². The fourth-order valence-corrected chi connectivity index (χ4v) is 2.63. The smallest absolute Gasteiger partial charge is 0.331 e. The first-order chi connectivity index (χ1) is 12.0. The van der Waals surface area contributed by atoms with Gasteiger partial charge in [-0.2, -0.15) is 0 Å². The Hall–Kier alpha value is -2.65. The molecule has 9 nitrogen and oxygen atoms in total. The van der Waals surface area contributed by atoms with Gasteiger partial charge in [0.15, 0.2) is 0 Å². The summed E-state index contributed by atoms with van der Waals surface area (Å²) in [5.74, 6) is -0.302. The molecule has 0 unspecified atom stereocenters. The van der Waals surface area contributed by atoms with Gasteiger partial charge in [-0.05, 0) is 18.2 Å². The Kier molecular flexibility index (Phi) is 5.15. The number of nitrogens with zero attached hydrogens (tertiary/aromatic N) is 2. The third-order valence-electron chi connectivity index (χ3n) is 3.88. The fraction of sp³-hybridized carbons (Fsp3) is 0.438. The van der Waals surface area contributed by atoms with Crippen molar-refractivity contribution in [3.8, 4) is 0 Å². The number of ether oxygens (including phenoxy) is 2. The van der Waals surface area contributed by atoms with Crippen molar-refractivity contribution in [1.29, 1.82) is 0 Å². The zero-order chi connectivity index (χ0) is 17.8. The van der Waals surface area contributed by atoms with Crippen LogP contribution in [0.15, 0.2) is 24.3 Å².